The van der Waals surface area contributed by atoms with Crippen molar-refractivity contribution in [2.75, 3.05) is 7.11 Å². The molecule has 0 fully saturated rings. The van der Waals surface area contributed by atoms with E-state index in [0.29, 0.717) is 26.6 Å². The van der Waals surface area contributed by atoms with Gasteiger partial charge in [0.1, 0.15) is 20.8 Å². The van der Waals surface area contributed by atoms with Crippen LogP contribution in [-0.2, 0) is 6.54 Å². The molecule has 0 saturated carbocycles. The van der Waals surface area contributed by atoms with Crippen LogP contribution in [0.4, 0.5) is 0 Å². The predicted octanol–water partition coefficient (Wildman–Crippen LogP) is 5.61. The minimum atomic E-state index is -1.15. The van der Waals surface area contributed by atoms with Gasteiger partial charge < -0.3 is 9.84 Å². The Hall–Kier alpha value is -2.59. The van der Waals surface area contributed by atoms with Crippen molar-refractivity contribution in [3.05, 3.63) is 69.1 Å². The smallest absolute Gasteiger partial charge is 0.359 e. The van der Waals surface area contributed by atoms with E-state index in [1.54, 1.807) is 23.9 Å². The van der Waals surface area contributed by atoms with Crippen LogP contribution in [0, 0.1) is 0 Å². The fraction of sp³-hybridized carbons (Fsp3) is 0.100. The van der Waals surface area contributed by atoms with Gasteiger partial charge >= 0.3 is 5.97 Å². The van der Waals surface area contributed by atoms with Crippen LogP contribution in [-0.4, -0.2) is 38.2 Å². The third-order valence-corrected chi connectivity index (χ3v) is 7.03. The summed E-state index contributed by atoms with van der Waals surface area (Å²) >= 11 is 14.7. The Bertz CT molecular complexity index is 1240. The molecule has 0 bridgehead atoms. The molecule has 7 nitrogen and oxygen atoms in total. The zero-order valence-corrected chi connectivity index (χ0v) is 19.1. The normalized spacial score (nSPS) is 10.9. The van der Waals surface area contributed by atoms with Crippen LogP contribution in [0.5, 0.6) is 5.75 Å². The van der Waals surface area contributed by atoms with E-state index in [-0.39, 0.29) is 5.69 Å². The number of hydrogen-bond donors (Lipinski definition) is 1. The number of carboxylic acids is 1. The molecule has 0 aliphatic rings. The quantitative estimate of drug-likeness (QED) is 0.358. The lowest BCUT2D eigenvalue weighted by Crippen LogP contribution is -2.05. The highest BCUT2D eigenvalue weighted by Gasteiger charge is 2.22. The molecular weight excluding hydrogens is 479 g/mol. The highest BCUT2D eigenvalue weighted by molar-refractivity contribution is 7.99. The van der Waals surface area contributed by atoms with Gasteiger partial charge in [0.2, 0.25) is 5.69 Å². The van der Waals surface area contributed by atoms with E-state index in [4.69, 9.17) is 27.9 Å². The lowest BCUT2D eigenvalue weighted by molar-refractivity contribution is 0.0686. The van der Waals surface area contributed by atoms with Crippen molar-refractivity contribution < 1.29 is 14.6 Å². The minimum Gasteiger partial charge on any atom is -0.497 e. The molecule has 0 radical (unpaired) electrons. The molecule has 2 heterocycles. The zero-order chi connectivity index (χ0) is 22.0. The first kappa shape index (κ1) is 21.6. The standard InChI is InChI=1S/C20H14Cl2N4O3S2/c1-29-13-5-2-11(3-6-13)9-26-19(17(20(27)28)24-25-26)31-16-10-30-18(23-16)12-4-7-14(21)15(22)8-12/h2-8,10H,9H2,1H3,(H,27,28). The molecule has 0 atom stereocenters. The minimum absolute atomic E-state index is 0.123. The van der Waals surface area contributed by atoms with Crippen LogP contribution in [0.1, 0.15) is 16.1 Å². The van der Waals surface area contributed by atoms with Crippen molar-refractivity contribution in [3.63, 3.8) is 0 Å². The van der Waals surface area contributed by atoms with Crippen molar-refractivity contribution in [2.24, 2.45) is 0 Å². The first-order valence-corrected chi connectivity index (χ1v) is 11.3. The highest BCUT2D eigenvalue weighted by atomic mass is 35.5. The van der Waals surface area contributed by atoms with E-state index in [1.165, 1.54) is 23.1 Å². The van der Waals surface area contributed by atoms with Gasteiger partial charge in [-0.05, 0) is 41.6 Å². The summed E-state index contributed by atoms with van der Waals surface area (Å²) in [5.74, 6) is -0.413. The summed E-state index contributed by atoms with van der Waals surface area (Å²) in [5.41, 5.74) is 1.64. The number of hydrogen-bond acceptors (Lipinski definition) is 7. The van der Waals surface area contributed by atoms with Crippen LogP contribution < -0.4 is 4.74 Å². The second-order valence-electron chi connectivity index (χ2n) is 6.28. The number of rotatable bonds is 7. The summed E-state index contributed by atoms with van der Waals surface area (Å²) in [5, 5.41) is 21.9. The molecule has 0 spiro atoms. The Labute approximate surface area is 195 Å². The molecule has 11 heteroatoms. The maximum atomic E-state index is 11.7. The summed E-state index contributed by atoms with van der Waals surface area (Å²) < 4.78 is 6.72. The van der Waals surface area contributed by atoms with Crippen LogP contribution in [0.3, 0.4) is 0 Å². The van der Waals surface area contributed by atoms with Crippen molar-refractivity contribution in [2.45, 2.75) is 16.6 Å². The fourth-order valence-corrected chi connectivity index (χ4v) is 4.85. The number of thiazole rings is 1. The molecule has 158 valence electrons. The summed E-state index contributed by atoms with van der Waals surface area (Å²) in [7, 11) is 1.60. The molecule has 4 aromatic rings. The van der Waals surface area contributed by atoms with Crippen LogP contribution in [0.25, 0.3) is 10.6 Å². The Morgan fingerprint density at radius 2 is 1.97 bits per heavy atom. The number of ether oxygens (including phenoxy) is 1. The highest BCUT2D eigenvalue weighted by Crippen LogP contribution is 2.35. The number of aromatic carboxylic acids is 1. The molecule has 0 aliphatic heterocycles. The van der Waals surface area contributed by atoms with Gasteiger partial charge in [-0.25, -0.2) is 14.5 Å². The van der Waals surface area contributed by atoms with Crippen LogP contribution in [0.15, 0.2) is 57.9 Å². The number of aromatic nitrogens is 4. The third-order valence-electron chi connectivity index (χ3n) is 4.23. The number of halogens is 2. The summed E-state index contributed by atoms with van der Waals surface area (Å²) in [4.78, 5) is 16.3. The van der Waals surface area contributed by atoms with Crippen molar-refractivity contribution in [3.8, 4) is 16.3 Å². The van der Waals surface area contributed by atoms with E-state index in [9.17, 15) is 9.90 Å². The predicted molar refractivity (Wildman–Crippen MR) is 121 cm³/mol. The maximum Gasteiger partial charge on any atom is 0.359 e. The lowest BCUT2D eigenvalue weighted by Gasteiger charge is -2.07. The number of methoxy groups -OCH3 is 1. The van der Waals surface area contributed by atoms with Gasteiger partial charge in [0, 0.05) is 10.9 Å². The average Bonchev–Trinajstić information content (AvgIpc) is 3.38. The largest absolute Gasteiger partial charge is 0.497 e. The molecular formula is C20H14Cl2N4O3S2. The number of benzene rings is 2. The first-order valence-electron chi connectivity index (χ1n) is 8.83. The molecule has 31 heavy (non-hydrogen) atoms. The number of carbonyl (C=O) groups is 1. The van der Waals surface area contributed by atoms with Crippen molar-refractivity contribution in [1.82, 2.24) is 20.0 Å². The fourth-order valence-electron chi connectivity index (χ4n) is 2.71. The molecule has 0 aliphatic carbocycles. The van der Waals surface area contributed by atoms with Gasteiger partial charge in [0.05, 0.1) is 23.7 Å². The Morgan fingerprint density at radius 3 is 2.65 bits per heavy atom. The molecule has 1 N–H and O–H groups in total. The maximum absolute atomic E-state index is 11.7. The average molecular weight is 493 g/mol. The SMILES string of the molecule is COc1ccc(Cn2nnc(C(=O)O)c2Sc2csc(-c3ccc(Cl)c(Cl)c3)n2)cc1. The van der Waals surface area contributed by atoms with E-state index in [2.05, 4.69) is 15.3 Å². The topological polar surface area (TPSA) is 90.1 Å². The van der Waals surface area contributed by atoms with Crippen LogP contribution in [0.2, 0.25) is 10.0 Å². The second-order valence-corrected chi connectivity index (χ2v) is 8.96. The Balaban J connectivity index is 1.61. The Kier molecular flexibility index (Phi) is 6.47. The van der Waals surface area contributed by atoms with Gasteiger partial charge in [-0.2, -0.15) is 0 Å². The number of carboxylic acid groups (broad SMARTS) is 1. The zero-order valence-electron chi connectivity index (χ0n) is 16.0. The molecule has 0 saturated heterocycles. The monoisotopic (exact) mass is 492 g/mol. The van der Waals surface area contributed by atoms with Crippen molar-refractivity contribution >= 4 is 52.3 Å². The first-order chi connectivity index (χ1) is 14.9. The summed E-state index contributed by atoms with van der Waals surface area (Å²) in [6, 6.07) is 12.7. The molecule has 2 aromatic carbocycles. The van der Waals surface area contributed by atoms with Gasteiger partial charge in [0.15, 0.2) is 0 Å². The summed E-state index contributed by atoms with van der Waals surface area (Å²) in [6.45, 7) is 0.358. The molecule has 0 amide bonds. The van der Waals surface area contributed by atoms with E-state index >= 15 is 0 Å². The van der Waals surface area contributed by atoms with E-state index in [1.807, 2.05) is 35.7 Å². The van der Waals surface area contributed by atoms with Crippen molar-refractivity contribution in [1.29, 1.82) is 0 Å². The van der Waals surface area contributed by atoms with Crippen LogP contribution >= 0.6 is 46.3 Å². The van der Waals surface area contributed by atoms with E-state index < -0.39 is 5.97 Å². The number of nitrogens with zero attached hydrogens (tertiary/aromatic N) is 4. The lowest BCUT2D eigenvalue weighted by atomic mass is 10.2. The molecule has 2 aromatic heterocycles. The van der Waals surface area contributed by atoms with E-state index in [0.717, 1.165) is 21.9 Å². The van der Waals surface area contributed by atoms with Gasteiger partial charge in [-0.3, -0.25) is 0 Å². The second kappa shape index (κ2) is 9.27. The van der Waals surface area contributed by atoms with Gasteiger partial charge in [-0.15, -0.1) is 16.4 Å². The molecule has 4 rings (SSSR count). The molecule has 0 unspecified atom stereocenters. The Morgan fingerprint density at radius 1 is 1.19 bits per heavy atom. The summed E-state index contributed by atoms with van der Waals surface area (Å²) in [6.07, 6.45) is 0. The van der Waals surface area contributed by atoms with Gasteiger partial charge in [0.25, 0.3) is 0 Å². The third kappa shape index (κ3) is 4.85. The van der Waals surface area contributed by atoms with Gasteiger partial charge in [-0.1, -0.05) is 46.6 Å².